The van der Waals surface area contributed by atoms with Crippen LogP contribution in [0.1, 0.15) is 39.5 Å². The maximum absolute atomic E-state index is 12.4. The first kappa shape index (κ1) is 16.7. The van der Waals surface area contributed by atoms with Crippen LogP contribution in [0.5, 0.6) is 0 Å². The number of carbonyl (C=O) groups is 1. The van der Waals surface area contributed by atoms with E-state index in [0.29, 0.717) is 19.0 Å². The Kier molecular flexibility index (Phi) is 6.02. The predicted molar refractivity (Wildman–Crippen MR) is 84.2 cm³/mol. The van der Waals surface area contributed by atoms with Crippen molar-refractivity contribution in [2.45, 2.75) is 45.1 Å². The van der Waals surface area contributed by atoms with E-state index in [0.717, 1.165) is 52.1 Å². The Balaban J connectivity index is 1.71. The van der Waals surface area contributed by atoms with Crippen molar-refractivity contribution < 1.29 is 9.90 Å². The van der Waals surface area contributed by atoms with Crippen molar-refractivity contribution in [1.29, 1.82) is 0 Å². The molecule has 0 aliphatic carbocycles. The van der Waals surface area contributed by atoms with Gasteiger partial charge in [0.05, 0.1) is 12.1 Å². The molecule has 0 radical (unpaired) electrons. The smallest absolute Gasteiger partial charge is 0.236 e. The number of hydrogen-bond acceptors (Lipinski definition) is 4. The maximum Gasteiger partial charge on any atom is 0.236 e. The van der Waals surface area contributed by atoms with Gasteiger partial charge in [-0.05, 0) is 26.7 Å². The fourth-order valence-electron chi connectivity index (χ4n) is 3.26. The van der Waals surface area contributed by atoms with Gasteiger partial charge in [-0.3, -0.25) is 14.6 Å². The molecule has 0 aromatic heterocycles. The molecule has 2 heterocycles. The molecule has 0 spiro atoms. The van der Waals surface area contributed by atoms with E-state index >= 15 is 0 Å². The number of rotatable bonds is 4. The monoisotopic (exact) mass is 297 g/mol. The molecule has 5 nitrogen and oxygen atoms in total. The summed E-state index contributed by atoms with van der Waals surface area (Å²) in [6.07, 6.45) is 4.84. The minimum atomic E-state index is -0.635. The Bertz CT molecular complexity index is 325. The van der Waals surface area contributed by atoms with Gasteiger partial charge in [-0.25, -0.2) is 0 Å². The molecular formula is C16H31N3O2. The second-order valence-corrected chi connectivity index (χ2v) is 7.16. The zero-order chi connectivity index (χ0) is 15.3. The standard InChI is InChI=1S/C16H31N3O2/c1-16(2,21)14-18-11-9-17(10-12-18)13-15(20)19-7-5-3-4-6-8-19/h21H,3-14H2,1-2H3. The summed E-state index contributed by atoms with van der Waals surface area (Å²) in [6.45, 7) is 10.6. The molecule has 0 bridgehead atoms. The van der Waals surface area contributed by atoms with E-state index in [9.17, 15) is 9.90 Å². The van der Waals surface area contributed by atoms with Crippen LogP contribution >= 0.6 is 0 Å². The van der Waals surface area contributed by atoms with Crippen LogP contribution in [0.3, 0.4) is 0 Å². The SMILES string of the molecule is CC(C)(O)CN1CCN(CC(=O)N2CCCCCC2)CC1. The number of amides is 1. The van der Waals surface area contributed by atoms with Crippen LogP contribution in [-0.2, 0) is 4.79 Å². The van der Waals surface area contributed by atoms with Gasteiger partial charge in [0, 0.05) is 45.8 Å². The van der Waals surface area contributed by atoms with E-state index in [4.69, 9.17) is 0 Å². The van der Waals surface area contributed by atoms with Gasteiger partial charge in [0.2, 0.25) is 5.91 Å². The van der Waals surface area contributed by atoms with Gasteiger partial charge in [-0.2, -0.15) is 0 Å². The second kappa shape index (κ2) is 7.56. The van der Waals surface area contributed by atoms with Gasteiger partial charge in [0.15, 0.2) is 0 Å². The molecule has 0 unspecified atom stereocenters. The van der Waals surface area contributed by atoms with Crippen molar-refractivity contribution in [2.24, 2.45) is 0 Å². The molecule has 5 heteroatoms. The van der Waals surface area contributed by atoms with E-state index in [1.165, 1.54) is 12.8 Å². The largest absolute Gasteiger partial charge is 0.389 e. The summed E-state index contributed by atoms with van der Waals surface area (Å²) in [5.41, 5.74) is -0.635. The third-order valence-corrected chi connectivity index (χ3v) is 4.39. The summed E-state index contributed by atoms with van der Waals surface area (Å²) >= 11 is 0. The van der Waals surface area contributed by atoms with E-state index in [-0.39, 0.29) is 0 Å². The van der Waals surface area contributed by atoms with Crippen LogP contribution < -0.4 is 0 Å². The Labute approximate surface area is 128 Å². The summed E-state index contributed by atoms with van der Waals surface area (Å²) in [5, 5.41) is 9.86. The zero-order valence-electron chi connectivity index (χ0n) is 13.7. The molecule has 122 valence electrons. The van der Waals surface area contributed by atoms with Gasteiger partial charge < -0.3 is 10.0 Å². The molecule has 0 saturated carbocycles. The summed E-state index contributed by atoms with van der Waals surface area (Å²) < 4.78 is 0. The van der Waals surface area contributed by atoms with Crippen molar-refractivity contribution in [3.63, 3.8) is 0 Å². The first-order chi connectivity index (χ1) is 9.94. The Morgan fingerprint density at radius 3 is 1.95 bits per heavy atom. The fraction of sp³-hybridized carbons (Fsp3) is 0.938. The molecule has 2 aliphatic heterocycles. The van der Waals surface area contributed by atoms with Crippen LogP contribution in [0, 0.1) is 0 Å². The van der Waals surface area contributed by atoms with Crippen molar-refractivity contribution in [2.75, 3.05) is 52.4 Å². The van der Waals surface area contributed by atoms with E-state index in [2.05, 4.69) is 14.7 Å². The number of likely N-dealkylation sites (tertiary alicyclic amines) is 1. The highest BCUT2D eigenvalue weighted by molar-refractivity contribution is 5.78. The van der Waals surface area contributed by atoms with Crippen LogP contribution in [0.15, 0.2) is 0 Å². The van der Waals surface area contributed by atoms with Crippen molar-refractivity contribution >= 4 is 5.91 Å². The van der Waals surface area contributed by atoms with Crippen LogP contribution in [-0.4, -0.2) is 83.7 Å². The van der Waals surface area contributed by atoms with Gasteiger partial charge in [0.25, 0.3) is 0 Å². The minimum absolute atomic E-state index is 0.299. The average Bonchev–Trinajstić information content (AvgIpc) is 2.68. The molecule has 0 aromatic carbocycles. The predicted octanol–water partition coefficient (Wildman–Crippen LogP) is 0.778. The number of hydrogen-bond donors (Lipinski definition) is 1. The molecule has 2 fully saturated rings. The van der Waals surface area contributed by atoms with E-state index < -0.39 is 5.60 Å². The number of carbonyl (C=O) groups excluding carboxylic acids is 1. The number of aliphatic hydroxyl groups is 1. The highest BCUT2D eigenvalue weighted by Gasteiger charge is 2.25. The highest BCUT2D eigenvalue weighted by atomic mass is 16.3. The molecule has 2 saturated heterocycles. The first-order valence-electron chi connectivity index (χ1n) is 8.39. The van der Waals surface area contributed by atoms with Gasteiger partial charge in [-0.15, -0.1) is 0 Å². The summed E-state index contributed by atoms with van der Waals surface area (Å²) in [5.74, 6) is 0.299. The Morgan fingerprint density at radius 1 is 0.905 bits per heavy atom. The number of nitrogens with zero attached hydrogens (tertiary/aromatic N) is 3. The van der Waals surface area contributed by atoms with Crippen LogP contribution in [0.2, 0.25) is 0 Å². The molecule has 1 N–H and O–H groups in total. The van der Waals surface area contributed by atoms with E-state index in [1.54, 1.807) is 0 Å². The molecule has 2 rings (SSSR count). The van der Waals surface area contributed by atoms with Gasteiger partial charge in [0.1, 0.15) is 0 Å². The normalized spacial score (nSPS) is 23.1. The topological polar surface area (TPSA) is 47.0 Å². The molecule has 0 atom stereocenters. The first-order valence-corrected chi connectivity index (χ1v) is 8.39. The Morgan fingerprint density at radius 2 is 1.43 bits per heavy atom. The summed E-state index contributed by atoms with van der Waals surface area (Å²) in [7, 11) is 0. The molecule has 1 amide bonds. The second-order valence-electron chi connectivity index (χ2n) is 7.16. The lowest BCUT2D eigenvalue weighted by Crippen LogP contribution is -2.52. The van der Waals surface area contributed by atoms with Gasteiger partial charge in [-0.1, -0.05) is 12.8 Å². The Hall–Kier alpha value is -0.650. The summed E-state index contributed by atoms with van der Waals surface area (Å²) in [6, 6.07) is 0. The lowest BCUT2D eigenvalue weighted by Gasteiger charge is -2.37. The minimum Gasteiger partial charge on any atom is -0.389 e. The van der Waals surface area contributed by atoms with E-state index in [1.807, 2.05) is 13.8 Å². The van der Waals surface area contributed by atoms with Crippen molar-refractivity contribution in [1.82, 2.24) is 14.7 Å². The lowest BCUT2D eigenvalue weighted by atomic mass is 10.1. The molecule has 0 aromatic rings. The number of β-amino-alcohol motifs (C(OH)–C–C–N with tert-alkyl or cyclic N) is 1. The maximum atomic E-state index is 12.4. The molecular weight excluding hydrogens is 266 g/mol. The zero-order valence-corrected chi connectivity index (χ0v) is 13.7. The van der Waals surface area contributed by atoms with Crippen LogP contribution in [0.25, 0.3) is 0 Å². The van der Waals surface area contributed by atoms with Crippen molar-refractivity contribution in [3.05, 3.63) is 0 Å². The molecule has 2 aliphatic rings. The number of piperazine rings is 1. The van der Waals surface area contributed by atoms with Crippen molar-refractivity contribution in [3.8, 4) is 0 Å². The quantitative estimate of drug-likeness (QED) is 0.833. The fourth-order valence-corrected chi connectivity index (χ4v) is 3.26. The third-order valence-electron chi connectivity index (χ3n) is 4.39. The summed E-state index contributed by atoms with van der Waals surface area (Å²) in [4.78, 5) is 19.0. The third kappa shape index (κ3) is 5.93. The molecule has 21 heavy (non-hydrogen) atoms. The average molecular weight is 297 g/mol. The lowest BCUT2D eigenvalue weighted by molar-refractivity contribution is -0.133. The van der Waals surface area contributed by atoms with Gasteiger partial charge >= 0.3 is 0 Å². The van der Waals surface area contributed by atoms with Crippen LogP contribution in [0.4, 0.5) is 0 Å². The highest BCUT2D eigenvalue weighted by Crippen LogP contribution is 2.12.